The van der Waals surface area contributed by atoms with Gasteiger partial charge in [-0.05, 0) is 31.4 Å². The van der Waals surface area contributed by atoms with Crippen molar-refractivity contribution in [2.24, 2.45) is 0 Å². The Morgan fingerprint density at radius 2 is 2.08 bits per heavy atom. The molecule has 1 nitrogen and oxygen atoms in total. The van der Waals surface area contributed by atoms with Crippen LogP contribution in [0, 0.1) is 0 Å². The summed E-state index contributed by atoms with van der Waals surface area (Å²) in [4.78, 5) is 2.35. The highest BCUT2D eigenvalue weighted by Gasteiger charge is 2.14. The number of likely N-dealkylation sites (N-methyl/N-ethyl adjacent to an activating group) is 1. The van der Waals surface area contributed by atoms with Crippen molar-refractivity contribution >= 4 is 0 Å². The van der Waals surface area contributed by atoms with Gasteiger partial charge in [0.15, 0.2) is 0 Å². The Morgan fingerprint density at radius 1 is 1.42 bits per heavy atom. The van der Waals surface area contributed by atoms with Gasteiger partial charge in [-0.15, -0.1) is 0 Å². The molecule has 0 aromatic carbocycles. The van der Waals surface area contributed by atoms with Crippen LogP contribution in [-0.2, 0) is 0 Å². The number of allylic oxidation sites excluding steroid dienone is 3. The molecule has 0 aliphatic carbocycles. The highest BCUT2D eigenvalue weighted by Crippen LogP contribution is 2.21. The van der Waals surface area contributed by atoms with Crippen molar-refractivity contribution in [1.82, 2.24) is 4.90 Å². The van der Waals surface area contributed by atoms with Gasteiger partial charge in [-0.3, -0.25) is 0 Å². The van der Waals surface area contributed by atoms with E-state index < -0.39 is 0 Å². The first kappa shape index (κ1) is 9.37. The normalized spacial score (nSPS) is 23.7. The van der Waals surface area contributed by atoms with Gasteiger partial charge in [-0.2, -0.15) is 0 Å². The second-order valence-corrected chi connectivity index (χ2v) is 3.47. The SMILES string of the molecule is CCC1=CC(CC)N(C)C(C)=C1. The van der Waals surface area contributed by atoms with Crippen molar-refractivity contribution in [3.63, 3.8) is 0 Å². The van der Waals surface area contributed by atoms with Gasteiger partial charge < -0.3 is 4.90 Å². The molecule has 0 saturated carbocycles. The van der Waals surface area contributed by atoms with Crippen LogP contribution in [0.1, 0.15) is 33.6 Å². The van der Waals surface area contributed by atoms with Crippen LogP contribution in [0.2, 0.25) is 0 Å². The Labute approximate surface area is 75.8 Å². The Balaban J connectivity index is 2.82. The molecular formula is C11H19N. The number of hydrogen-bond donors (Lipinski definition) is 0. The maximum Gasteiger partial charge on any atom is 0.0469 e. The van der Waals surface area contributed by atoms with Crippen LogP contribution in [-0.4, -0.2) is 18.0 Å². The van der Waals surface area contributed by atoms with E-state index in [9.17, 15) is 0 Å². The molecule has 1 heteroatoms. The third-order valence-electron chi connectivity index (χ3n) is 2.68. The van der Waals surface area contributed by atoms with Crippen LogP contribution >= 0.6 is 0 Å². The predicted octanol–water partition coefficient (Wildman–Crippen LogP) is 2.95. The molecule has 1 rings (SSSR count). The fourth-order valence-electron chi connectivity index (χ4n) is 1.65. The van der Waals surface area contributed by atoms with Gasteiger partial charge in [0.25, 0.3) is 0 Å². The van der Waals surface area contributed by atoms with Gasteiger partial charge in [0.2, 0.25) is 0 Å². The van der Waals surface area contributed by atoms with Crippen LogP contribution in [0.5, 0.6) is 0 Å². The van der Waals surface area contributed by atoms with Crippen molar-refractivity contribution in [3.05, 3.63) is 23.4 Å². The second-order valence-electron chi connectivity index (χ2n) is 3.47. The Kier molecular flexibility index (Phi) is 2.96. The van der Waals surface area contributed by atoms with E-state index in [-0.39, 0.29) is 0 Å². The van der Waals surface area contributed by atoms with Crippen LogP contribution in [0.15, 0.2) is 23.4 Å². The third kappa shape index (κ3) is 1.71. The van der Waals surface area contributed by atoms with Gasteiger partial charge in [0.1, 0.15) is 0 Å². The van der Waals surface area contributed by atoms with Crippen molar-refractivity contribution in [3.8, 4) is 0 Å². The lowest BCUT2D eigenvalue weighted by Gasteiger charge is -2.31. The Bertz CT molecular complexity index is 213. The monoisotopic (exact) mass is 165 g/mol. The molecule has 0 aromatic rings. The van der Waals surface area contributed by atoms with Crippen LogP contribution < -0.4 is 0 Å². The highest BCUT2D eigenvalue weighted by molar-refractivity contribution is 5.28. The summed E-state index contributed by atoms with van der Waals surface area (Å²) in [6.45, 7) is 6.64. The molecule has 1 heterocycles. The lowest BCUT2D eigenvalue weighted by Crippen LogP contribution is -2.30. The summed E-state index contributed by atoms with van der Waals surface area (Å²) in [6, 6.07) is 0.616. The van der Waals surface area contributed by atoms with Crippen LogP contribution in [0.4, 0.5) is 0 Å². The zero-order chi connectivity index (χ0) is 9.14. The van der Waals surface area contributed by atoms with Crippen molar-refractivity contribution in [1.29, 1.82) is 0 Å². The predicted molar refractivity (Wildman–Crippen MR) is 54.0 cm³/mol. The van der Waals surface area contributed by atoms with Gasteiger partial charge in [-0.1, -0.05) is 19.9 Å². The summed E-state index contributed by atoms with van der Waals surface area (Å²) < 4.78 is 0. The average Bonchev–Trinajstić information content (AvgIpc) is 2.09. The molecular weight excluding hydrogens is 146 g/mol. The minimum absolute atomic E-state index is 0.616. The molecule has 12 heavy (non-hydrogen) atoms. The van der Waals surface area contributed by atoms with Crippen molar-refractivity contribution < 1.29 is 0 Å². The maximum absolute atomic E-state index is 2.38. The topological polar surface area (TPSA) is 3.24 Å². The van der Waals surface area contributed by atoms with Gasteiger partial charge in [0.05, 0.1) is 0 Å². The molecule has 0 bridgehead atoms. The van der Waals surface area contributed by atoms with Crippen LogP contribution in [0.3, 0.4) is 0 Å². The first-order valence-electron chi connectivity index (χ1n) is 4.80. The van der Waals surface area contributed by atoms with Crippen LogP contribution in [0.25, 0.3) is 0 Å². The quantitative estimate of drug-likeness (QED) is 0.608. The minimum Gasteiger partial charge on any atom is -0.372 e. The highest BCUT2D eigenvalue weighted by atomic mass is 15.1. The molecule has 1 atom stereocenters. The molecule has 68 valence electrons. The smallest absolute Gasteiger partial charge is 0.0469 e. The summed E-state index contributed by atoms with van der Waals surface area (Å²) in [5, 5.41) is 0. The summed E-state index contributed by atoms with van der Waals surface area (Å²) in [7, 11) is 2.17. The van der Waals surface area contributed by atoms with E-state index in [0.29, 0.717) is 6.04 Å². The van der Waals surface area contributed by atoms with E-state index in [1.807, 2.05) is 0 Å². The van der Waals surface area contributed by atoms with Gasteiger partial charge in [-0.25, -0.2) is 0 Å². The van der Waals surface area contributed by atoms with E-state index in [1.54, 1.807) is 0 Å². The summed E-state index contributed by atoms with van der Waals surface area (Å²) in [5.41, 5.74) is 2.87. The third-order valence-corrected chi connectivity index (χ3v) is 2.68. The molecule has 0 amide bonds. The molecule has 0 radical (unpaired) electrons. The lowest BCUT2D eigenvalue weighted by molar-refractivity contribution is 0.338. The molecule has 0 N–H and O–H groups in total. The maximum atomic E-state index is 2.38. The number of hydrogen-bond acceptors (Lipinski definition) is 1. The summed E-state index contributed by atoms with van der Waals surface area (Å²) in [6.07, 6.45) is 7.02. The fraction of sp³-hybridized carbons (Fsp3) is 0.636. The largest absolute Gasteiger partial charge is 0.372 e. The lowest BCUT2D eigenvalue weighted by atomic mass is 10.0. The van der Waals surface area contributed by atoms with E-state index in [0.717, 1.165) is 6.42 Å². The standard InChI is InChI=1S/C11H19N/c1-5-10-7-9(3)12(4)11(6-2)8-10/h7-8,11H,5-6H2,1-4H3. The Hall–Kier alpha value is -0.720. The second kappa shape index (κ2) is 3.79. The molecule has 1 aliphatic rings. The molecule has 1 aliphatic heterocycles. The van der Waals surface area contributed by atoms with E-state index in [1.165, 1.54) is 17.7 Å². The zero-order valence-electron chi connectivity index (χ0n) is 8.59. The first-order chi connectivity index (χ1) is 5.69. The number of rotatable bonds is 2. The summed E-state index contributed by atoms with van der Waals surface area (Å²) >= 11 is 0. The Morgan fingerprint density at radius 3 is 2.58 bits per heavy atom. The minimum atomic E-state index is 0.616. The molecule has 0 saturated heterocycles. The number of nitrogens with zero attached hydrogens (tertiary/aromatic N) is 1. The molecule has 0 spiro atoms. The van der Waals surface area contributed by atoms with E-state index in [2.05, 4.69) is 44.9 Å². The first-order valence-corrected chi connectivity index (χ1v) is 4.80. The van der Waals surface area contributed by atoms with E-state index in [4.69, 9.17) is 0 Å². The molecule has 0 fully saturated rings. The fourth-order valence-corrected chi connectivity index (χ4v) is 1.65. The van der Waals surface area contributed by atoms with Crippen molar-refractivity contribution in [2.75, 3.05) is 7.05 Å². The van der Waals surface area contributed by atoms with Gasteiger partial charge in [0, 0.05) is 18.8 Å². The van der Waals surface area contributed by atoms with Gasteiger partial charge >= 0.3 is 0 Å². The average molecular weight is 165 g/mol. The molecule has 0 aromatic heterocycles. The zero-order valence-corrected chi connectivity index (χ0v) is 8.59. The molecule has 1 unspecified atom stereocenters. The van der Waals surface area contributed by atoms with Crippen molar-refractivity contribution in [2.45, 2.75) is 39.7 Å². The summed E-state index contributed by atoms with van der Waals surface area (Å²) in [5.74, 6) is 0. The van der Waals surface area contributed by atoms with E-state index >= 15 is 0 Å².